The molecule has 0 bridgehead atoms. The molecule has 0 unspecified atom stereocenters. The van der Waals surface area contributed by atoms with Gasteiger partial charge in [-0.25, -0.2) is 9.50 Å². The summed E-state index contributed by atoms with van der Waals surface area (Å²) in [4.78, 5) is 4.53. The van der Waals surface area contributed by atoms with E-state index in [9.17, 15) is 0 Å². The number of hydrogen-bond donors (Lipinski definition) is 0. The highest BCUT2D eigenvalue weighted by Gasteiger charge is 2.06. The van der Waals surface area contributed by atoms with Crippen molar-refractivity contribution >= 4 is 5.65 Å². The molecule has 3 rings (SSSR count). The van der Waals surface area contributed by atoms with Crippen LogP contribution in [0.1, 0.15) is 11.3 Å². The lowest BCUT2D eigenvalue weighted by molar-refractivity contribution is 0.918. The van der Waals surface area contributed by atoms with Gasteiger partial charge in [0.05, 0.1) is 0 Å². The number of aryl methyl sites for hydroxylation is 2. The monoisotopic (exact) mass is 223 g/mol. The lowest BCUT2D eigenvalue weighted by atomic mass is 10.1. The molecule has 0 aliphatic heterocycles. The molecule has 17 heavy (non-hydrogen) atoms. The summed E-state index contributed by atoms with van der Waals surface area (Å²) in [5, 5.41) is 4.52. The Morgan fingerprint density at radius 3 is 2.41 bits per heavy atom. The molecule has 2 heterocycles. The fourth-order valence-corrected chi connectivity index (χ4v) is 1.86. The lowest BCUT2D eigenvalue weighted by Gasteiger charge is -1.95. The van der Waals surface area contributed by atoms with Gasteiger partial charge in [-0.15, -0.1) is 5.10 Å². The van der Waals surface area contributed by atoms with Gasteiger partial charge in [0.25, 0.3) is 0 Å². The van der Waals surface area contributed by atoms with Crippen molar-refractivity contribution in [3.63, 3.8) is 0 Å². The minimum absolute atomic E-state index is 0.777. The first-order chi connectivity index (χ1) is 8.24. The molecule has 0 radical (unpaired) electrons. The van der Waals surface area contributed by atoms with Crippen molar-refractivity contribution in [2.24, 2.45) is 0 Å². The molecule has 0 aliphatic carbocycles. The molecule has 0 fully saturated rings. The van der Waals surface area contributed by atoms with Gasteiger partial charge in [0.2, 0.25) is 0 Å². The SMILES string of the molecule is Cc1ccc(-c2nc3cccc(C)n3n2)cc1. The molecule has 0 saturated heterocycles. The van der Waals surface area contributed by atoms with Crippen LogP contribution >= 0.6 is 0 Å². The predicted molar refractivity (Wildman–Crippen MR) is 67.9 cm³/mol. The summed E-state index contributed by atoms with van der Waals surface area (Å²) in [6, 6.07) is 14.3. The Balaban J connectivity index is 2.18. The molecule has 84 valence electrons. The number of hydrogen-bond acceptors (Lipinski definition) is 2. The molecule has 0 atom stereocenters. The lowest BCUT2D eigenvalue weighted by Crippen LogP contribution is -1.91. The van der Waals surface area contributed by atoms with Crippen LogP contribution in [0.15, 0.2) is 42.5 Å². The second-order valence-electron chi connectivity index (χ2n) is 4.24. The van der Waals surface area contributed by atoms with E-state index in [1.54, 1.807) is 0 Å². The normalized spacial score (nSPS) is 10.9. The van der Waals surface area contributed by atoms with Gasteiger partial charge >= 0.3 is 0 Å². The second-order valence-corrected chi connectivity index (χ2v) is 4.24. The molecule has 3 aromatic rings. The van der Waals surface area contributed by atoms with Crippen LogP contribution < -0.4 is 0 Å². The molecule has 0 amide bonds. The average molecular weight is 223 g/mol. The van der Waals surface area contributed by atoms with E-state index in [1.165, 1.54) is 5.56 Å². The number of rotatable bonds is 1. The summed E-state index contributed by atoms with van der Waals surface area (Å²) < 4.78 is 1.87. The van der Waals surface area contributed by atoms with Gasteiger partial charge in [-0.3, -0.25) is 0 Å². The Labute approximate surface area is 99.7 Å². The molecule has 0 spiro atoms. The van der Waals surface area contributed by atoms with Crippen molar-refractivity contribution in [2.75, 3.05) is 0 Å². The summed E-state index contributed by atoms with van der Waals surface area (Å²) in [7, 11) is 0. The number of benzene rings is 1. The summed E-state index contributed by atoms with van der Waals surface area (Å²) >= 11 is 0. The zero-order chi connectivity index (χ0) is 11.8. The highest BCUT2D eigenvalue weighted by molar-refractivity contribution is 5.58. The molecule has 1 aromatic carbocycles. The van der Waals surface area contributed by atoms with E-state index >= 15 is 0 Å². The van der Waals surface area contributed by atoms with Crippen molar-refractivity contribution in [1.82, 2.24) is 14.6 Å². The summed E-state index contributed by atoms with van der Waals surface area (Å²) in [5.74, 6) is 0.777. The van der Waals surface area contributed by atoms with Gasteiger partial charge in [0, 0.05) is 11.3 Å². The number of fused-ring (bicyclic) bond motifs is 1. The standard InChI is InChI=1S/C14H13N3/c1-10-6-8-12(9-7-10)14-15-13-5-3-4-11(2)17(13)16-14/h3-9H,1-2H3. The fourth-order valence-electron chi connectivity index (χ4n) is 1.86. The molecular formula is C14H13N3. The largest absolute Gasteiger partial charge is 0.218 e. The van der Waals surface area contributed by atoms with Gasteiger partial charge < -0.3 is 0 Å². The predicted octanol–water partition coefficient (Wildman–Crippen LogP) is 3.01. The van der Waals surface area contributed by atoms with E-state index < -0.39 is 0 Å². The van der Waals surface area contributed by atoms with Crippen LogP contribution in [0.3, 0.4) is 0 Å². The summed E-state index contributed by atoms with van der Waals surface area (Å²) in [6.45, 7) is 4.10. The Morgan fingerprint density at radius 1 is 0.941 bits per heavy atom. The minimum Gasteiger partial charge on any atom is -0.218 e. The van der Waals surface area contributed by atoms with Crippen LogP contribution in [0, 0.1) is 13.8 Å². The fraction of sp³-hybridized carbons (Fsp3) is 0.143. The van der Waals surface area contributed by atoms with Gasteiger partial charge in [0.15, 0.2) is 11.5 Å². The number of nitrogens with zero attached hydrogens (tertiary/aromatic N) is 3. The van der Waals surface area contributed by atoms with Crippen LogP contribution in [0.2, 0.25) is 0 Å². The number of aromatic nitrogens is 3. The maximum absolute atomic E-state index is 4.53. The van der Waals surface area contributed by atoms with Crippen molar-refractivity contribution in [3.8, 4) is 11.4 Å². The second kappa shape index (κ2) is 3.70. The first-order valence-corrected chi connectivity index (χ1v) is 5.63. The average Bonchev–Trinajstić information content (AvgIpc) is 2.75. The zero-order valence-corrected chi connectivity index (χ0v) is 9.88. The molecule has 3 nitrogen and oxygen atoms in total. The molecule has 2 aromatic heterocycles. The first-order valence-electron chi connectivity index (χ1n) is 5.63. The van der Waals surface area contributed by atoms with E-state index in [0.717, 1.165) is 22.7 Å². The van der Waals surface area contributed by atoms with Crippen LogP contribution in [0.5, 0.6) is 0 Å². The van der Waals surface area contributed by atoms with Gasteiger partial charge in [-0.1, -0.05) is 35.9 Å². The summed E-state index contributed by atoms with van der Waals surface area (Å²) in [6.07, 6.45) is 0. The third-order valence-electron chi connectivity index (χ3n) is 2.86. The Morgan fingerprint density at radius 2 is 1.71 bits per heavy atom. The van der Waals surface area contributed by atoms with Crippen LogP contribution in [-0.2, 0) is 0 Å². The van der Waals surface area contributed by atoms with Crippen LogP contribution in [0.4, 0.5) is 0 Å². The molecule has 3 heteroatoms. The first kappa shape index (κ1) is 10.0. The summed E-state index contributed by atoms with van der Waals surface area (Å²) in [5.41, 5.74) is 4.28. The van der Waals surface area contributed by atoms with Gasteiger partial charge in [-0.05, 0) is 26.0 Å². The highest BCUT2D eigenvalue weighted by atomic mass is 15.3. The van der Waals surface area contributed by atoms with Gasteiger partial charge in [0.1, 0.15) is 0 Å². The molecule has 0 aliphatic rings. The maximum Gasteiger partial charge on any atom is 0.182 e. The van der Waals surface area contributed by atoms with E-state index in [-0.39, 0.29) is 0 Å². The quantitative estimate of drug-likeness (QED) is 0.634. The number of pyridine rings is 1. The Kier molecular flexibility index (Phi) is 2.18. The smallest absolute Gasteiger partial charge is 0.182 e. The maximum atomic E-state index is 4.53. The van der Waals surface area contributed by atoms with Crippen molar-refractivity contribution in [2.45, 2.75) is 13.8 Å². The Bertz CT molecular complexity index is 666. The minimum atomic E-state index is 0.777. The van der Waals surface area contributed by atoms with Crippen LogP contribution in [-0.4, -0.2) is 14.6 Å². The molecular weight excluding hydrogens is 210 g/mol. The van der Waals surface area contributed by atoms with E-state index in [0.29, 0.717) is 0 Å². The molecule has 0 N–H and O–H groups in total. The van der Waals surface area contributed by atoms with Crippen molar-refractivity contribution in [1.29, 1.82) is 0 Å². The Hall–Kier alpha value is -2.16. The highest BCUT2D eigenvalue weighted by Crippen LogP contribution is 2.17. The zero-order valence-electron chi connectivity index (χ0n) is 9.88. The van der Waals surface area contributed by atoms with Crippen molar-refractivity contribution in [3.05, 3.63) is 53.7 Å². The molecule has 0 saturated carbocycles. The van der Waals surface area contributed by atoms with Crippen molar-refractivity contribution < 1.29 is 0 Å². The topological polar surface area (TPSA) is 30.2 Å². The van der Waals surface area contributed by atoms with E-state index in [2.05, 4.69) is 41.3 Å². The third-order valence-corrected chi connectivity index (χ3v) is 2.86. The van der Waals surface area contributed by atoms with E-state index in [4.69, 9.17) is 0 Å². The van der Waals surface area contributed by atoms with Gasteiger partial charge in [-0.2, -0.15) is 0 Å². The van der Waals surface area contributed by atoms with E-state index in [1.807, 2.05) is 29.6 Å². The van der Waals surface area contributed by atoms with Crippen LogP contribution in [0.25, 0.3) is 17.0 Å². The third kappa shape index (κ3) is 1.69.